The van der Waals surface area contributed by atoms with Gasteiger partial charge in [-0.2, -0.15) is 0 Å². The zero-order valence-electron chi connectivity index (χ0n) is 18.0. The lowest BCUT2D eigenvalue weighted by atomic mass is 9.58. The molecule has 0 aromatic heterocycles. The highest BCUT2D eigenvalue weighted by atomic mass is 16.5. The van der Waals surface area contributed by atoms with Crippen LogP contribution < -0.4 is 10.6 Å². The maximum Gasteiger partial charge on any atom is 0.292 e. The summed E-state index contributed by atoms with van der Waals surface area (Å²) in [7, 11) is 1.63. The SMILES string of the molecule is COC1=NC(C2=CCC3CCC4C=CC=C5CCC2=C3C54)NC(=C2CCC=CC2=O)N1. The molecule has 0 amide bonds. The highest BCUT2D eigenvalue weighted by Crippen LogP contribution is 2.54. The van der Waals surface area contributed by atoms with Crippen LogP contribution in [0.15, 0.2) is 75.1 Å². The van der Waals surface area contributed by atoms with Crippen LogP contribution in [-0.2, 0) is 9.53 Å². The molecule has 0 aromatic rings. The molecule has 6 rings (SSSR count). The summed E-state index contributed by atoms with van der Waals surface area (Å²) in [4.78, 5) is 17.3. The van der Waals surface area contributed by atoms with E-state index in [1.54, 1.807) is 24.3 Å². The molecule has 0 radical (unpaired) electrons. The number of ketones is 1. The summed E-state index contributed by atoms with van der Waals surface area (Å²) in [6.07, 6.45) is 20.4. The molecule has 1 saturated carbocycles. The van der Waals surface area contributed by atoms with Gasteiger partial charge in [0.05, 0.1) is 7.11 Å². The van der Waals surface area contributed by atoms with Crippen molar-refractivity contribution < 1.29 is 9.53 Å². The van der Waals surface area contributed by atoms with Crippen molar-refractivity contribution in [2.75, 3.05) is 7.11 Å². The number of carbonyl (C=O) groups excluding carboxylic acids is 1. The Bertz CT molecular complexity index is 1050. The van der Waals surface area contributed by atoms with E-state index in [9.17, 15) is 4.79 Å². The van der Waals surface area contributed by atoms with E-state index in [4.69, 9.17) is 9.73 Å². The molecule has 31 heavy (non-hydrogen) atoms. The number of hydrogen-bond donors (Lipinski definition) is 2. The van der Waals surface area contributed by atoms with E-state index in [2.05, 4.69) is 34.9 Å². The van der Waals surface area contributed by atoms with Gasteiger partial charge in [0.1, 0.15) is 5.82 Å². The van der Waals surface area contributed by atoms with E-state index in [0.717, 1.165) is 43.5 Å². The molecule has 5 heteroatoms. The molecule has 5 nitrogen and oxygen atoms in total. The highest BCUT2D eigenvalue weighted by Gasteiger charge is 2.43. The molecule has 4 unspecified atom stereocenters. The fourth-order valence-electron chi connectivity index (χ4n) is 6.38. The number of ether oxygens (including phenoxy) is 1. The van der Waals surface area contributed by atoms with E-state index in [1.807, 2.05) is 6.08 Å². The highest BCUT2D eigenvalue weighted by molar-refractivity contribution is 6.05. The van der Waals surface area contributed by atoms with Gasteiger partial charge in [-0.15, -0.1) is 0 Å². The molecule has 1 heterocycles. The van der Waals surface area contributed by atoms with Gasteiger partial charge < -0.3 is 10.1 Å². The Morgan fingerprint density at radius 2 is 2.10 bits per heavy atom. The van der Waals surface area contributed by atoms with Gasteiger partial charge in [0.15, 0.2) is 11.9 Å². The van der Waals surface area contributed by atoms with Crippen LogP contribution in [0, 0.1) is 17.8 Å². The number of rotatable bonds is 1. The minimum atomic E-state index is -0.217. The fourth-order valence-corrected chi connectivity index (χ4v) is 6.38. The Hall–Kier alpha value is -2.82. The normalized spacial score (nSPS) is 36.0. The lowest BCUT2D eigenvalue weighted by Crippen LogP contribution is -2.47. The Balaban J connectivity index is 1.40. The molecule has 1 fully saturated rings. The molecule has 0 bridgehead atoms. The summed E-state index contributed by atoms with van der Waals surface area (Å²) in [6, 6.07) is 0.473. The smallest absolute Gasteiger partial charge is 0.292 e. The number of methoxy groups -OCH3 is 1. The third-order valence-corrected chi connectivity index (χ3v) is 7.78. The first-order valence-corrected chi connectivity index (χ1v) is 11.6. The van der Waals surface area contributed by atoms with Crippen LogP contribution in [0.25, 0.3) is 0 Å². The number of hydrogen-bond acceptors (Lipinski definition) is 5. The standard InChI is InChI=1S/C26H29N3O2/c1-31-26-28-24(27-25(29-26)20-7-2-3-8-21(20)30)19-14-12-17-10-9-15-5-4-6-16-11-13-18(19)23(17)22(15)16/h3-6,8,14-15,17,22,24,27H,2,7,9-13H2,1H3,(H,28,29). The maximum atomic E-state index is 12.5. The third-order valence-electron chi connectivity index (χ3n) is 7.78. The zero-order chi connectivity index (χ0) is 20.9. The van der Waals surface area contributed by atoms with Crippen molar-refractivity contribution in [3.8, 4) is 0 Å². The molecule has 0 aromatic carbocycles. The minimum absolute atomic E-state index is 0.0635. The predicted octanol–water partition coefficient (Wildman–Crippen LogP) is 4.20. The van der Waals surface area contributed by atoms with E-state index >= 15 is 0 Å². The van der Waals surface area contributed by atoms with Crippen molar-refractivity contribution in [3.05, 3.63) is 70.1 Å². The topological polar surface area (TPSA) is 62.7 Å². The summed E-state index contributed by atoms with van der Waals surface area (Å²) < 4.78 is 5.51. The monoisotopic (exact) mass is 415 g/mol. The maximum absolute atomic E-state index is 12.5. The number of nitrogens with zero attached hydrogens (tertiary/aromatic N) is 1. The van der Waals surface area contributed by atoms with Gasteiger partial charge in [-0.1, -0.05) is 41.5 Å². The number of amidine groups is 1. The number of nitrogens with one attached hydrogen (secondary N) is 2. The van der Waals surface area contributed by atoms with Crippen LogP contribution in [0.1, 0.15) is 44.9 Å². The van der Waals surface area contributed by atoms with Crippen LogP contribution in [-0.4, -0.2) is 25.1 Å². The number of aliphatic imine (C=N–C) groups is 1. The van der Waals surface area contributed by atoms with Gasteiger partial charge in [0, 0.05) is 11.5 Å². The van der Waals surface area contributed by atoms with Crippen molar-refractivity contribution in [1.82, 2.24) is 10.6 Å². The van der Waals surface area contributed by atoms with Gasteiger partial charge in [0.2, 0.25) is 0 Å². The van der Waals surface area contributed by atoms with E-state index in [1.165, 1.54) is 24.0 Å². The fraction of sp³-hybridized carbons (Fsp3) is 0.462. The van der Waals surface area contributed by atoms with Crippen molar-refractivity contribution in [1.29, 1.82) is 0 Å². The number of carbonyl (C=O) groups is 1. The molecular formula is C26H29N3O2. The first-order chi connectivity index (χ1) is 15.2. The van der Waals surface area contributed by atoms with Gasteiger partial charge in [-0.05, 0) is 74.0 Å². The number of allylic oxidation sites excluding steroid dienone is 9. The molecule has 2 N–H and O–H groups in total. The second-order valence-corrected chi connectivity index (χ2v) is 9.34. The van der Waals surface area contributed by atoms with E-state index in [0.29, 0.717) is 23.8 Å². The quantitative estimate of drug-likeness (QED) is 0.630. The lowest BCUT2D eigenvalue weighted by molar-refractivity contribution is -0.111. The van der Waals surface area contributed by atoms with Crippen molar-refractivity contribution in [2.24, 2.45) is 22.7 Å². The van der Waals surface area contributed by atoms with Crippen LogP contribution in [0.3, 0.4) is 0 Å². The summed E-state index contributed by atoms with van der Waals surface area (Å²) in [6.45, 7) is 0. The Morgan fingerprint density at radius 1 is 1.16 bits per heavy atom. The summed E-state index contributed by atoms with van der Waals surface area (Å²) in [5.41, 5.74) is 6.88. The van der Waals surface area contributed by atoms with E-state index in [-0.39, 0.29) is 11.9 Å². The first kappa shape index (κ1) is 18.9. The summed E-state index contributed by atoms with van der Waals surface area (Å²) in [5.74, 6) is 2.73. The molecule has 4 atom stereocenters. The molecule has 5 aliphatic carbocycles. The Labute approximate surface area is 183 Å². The van der Waals surface area contributed by atoms with Crippen LogP contribution in [0.2, 0.25) is 0 Å². The zero-order valence-corrected chi connectivity index (χ0v) is 18.0. The van der Waals surface area contributed by atoms with Crippen LogP contribution in [0.4, 0.5) is 0 Å². The average Bonchev–Trinajstić information content (AvgIpc) is 2.82. The van der Waals surface area contributed by atoms with Gasteiger partial charge in [0.25, 0.3) is 6.02 Å². The molecule has 0 spiro atoms. The van der Waals surface area contributed by atoms with Crippen molar-refractivity contribution >= 4 is 11.8 Å². The van der Waals surface area contributed by atoms with Gasteiger partial charge >= 0.3 is 0 Å². The van der Waals surface area contributed by atoms with Crippen molar-refractivity contribution in [2.45, 2.75) is 51.1 Å². The second-order valence-electron chi connectivity index (χ2n) is 9.34. The van der Waals surface area contributed by atoms with Gasteiger partial charge in [-0.25, -0.2) is 4.99 Å². The Kier molecular flexibility index (Phi) is 4.51. The van der Waals surface area contributed by atoms with Crippen molar-refractivity contribution in [3.63, 3.8) is 0 Å². The Morgan fingerprint density at radius 3 is 2.97 bits per heavy atom. The lowest BCUT2D eigenvalue weighted by Gasteiger charge is -2.47. The molecule has 160 valence electrons. The molecular weight excluding hydrogens is 386 g/mol. The van der Waals surface area contributed by atoms with E-state index < -0.39 is 0 Å². The van der Waals surface area contributed by atoms with Crippen LogP contribution in [0.5, 0.6) is 0 Å². The first-order valence-electron chi connectivity index (χ1n) is 11.6. The van der Waals surface area contributed by atoms with Gasteiger partial charge in [-0.3, -0.25) is 10.1 Å². The largest absolute Gasteiger partial charge is 0.468 e. The third kappa shape index (κ3) is 3.05. The summed E-state index contributed by atoms with van der Waals surface area (Å²) >= 11 is 0. The minimum Gasteiger partial charge on any atom is -0.468 e. The second kappa shape index (κ2) is 7.40. The molecule has 1 aliphatic heterocycles. The summed E-state index contributed by atoms with van der Waals surface area (Å²) in [5, 5.41) is 6.75. The van der Waals surface area contributed by atoms with Crippen LogP contribution >= 0.6 is 0 Å². The predicted molar refractivity (Wildman–Crippen MR) is 121 cm³/mol. The molecule has 0 saturated heterocycles. The molecule has 6 aliphatic rings. The average molecular weight is 416 g/mol.